The van der Waals surface area contributed by atoms with Crippen LogP contribution in [-0.4, -0.2) is 45.1 Å². The zero-order chi connectivity index (χ0) is 14.6. The number of hydrogen-bond acceptors (Lipinski definition) is 4. The van der Waals surface area contributed by atoms with Crippen LogP contribution in [0.2, 0.25) is 0 Å². The van der Waals surface area contributed by atoms with Gasteiger partial charge in [-0.2, -0.15) is 0 Å². The predicted octanol–water partition coefficient (Wildman–Crippen LogP) is 0.546. The molecule has 0 aliphatic carbocycles. The molecule has 7 heteroatoms. The SMILES string of the molecule is CC(CNS(=O)(=O)c1ccc(F)c(CO)c1)N(C)C. The Labute approximate surface area is 113 Å². The first-order valence-corrected chi connectivity index (χ1v) is 7.31. The van der Waals surface area contributed by atoms with Crippen molar-refractivity contribution in [1.29, 1.82) is 0 Å². The highest BCUT2D eigenvalue weighted by molar-refractivity contribution is 7.89. The third-order valence-corrected chi connectivity index (χ3v) is 4.37. The minimum atomic E-state index is -3.69. The number of aliphatic hydroxyl groups is 1. The number of halogens is 1. The van der Waals surface area contributed by atoms with Gasteiger partial charge in [0.05, 0.1) is 11.5 Å². The normalized spacial score (nSPS) is 13.8. The number of sulfonamides is 1. The predicted molar refractivity (Wildman–Crippen MR) is 70.7 cm³/mol. The quantitative estimate of drug-likeness (QED) is 0.802. The average Bonchev–Trinajstić information content (AvgIpc) is 2.36. The van der Waals surface area contributed by atoms with Crippen LogP contribution >= 0.6 is 0 Å². The molecule has 0 bridgehead atoms. The standard InChI is InChI=1S/C12H19FN2O3S/c1-9(15(2)3)7-14-19(17,18)11-4-5-12(13)10(6-11)8-16/h4-6,9,14,16H,7-8H2,1-3H3. The van der Waals surface area contributed by atoms with Crippen LogP contribution in [0.1, 0.15) is 12.5 Å². The van der Waals surface area contributed by atoms with Crippen molar-refractivity contribution in [1.82, 2.24) is 9.62 Å². The summed E-state index contributed by atoms with van der Waals surface area (Å²) in [7, 11) is 0.00322. The fourth-order valence-corrected chi connectivity index (χ4v) is 2.51. The van der Waals surface area contributed by atoms with Gasteiger partial charge in [0.25, 0.3) is 0 Å². The van der Waals surface area contributed by atoms with Crippen molar-refractivity contribution in [2.24, 2.45) is 0 Å². The molecule has 1 aromatic carbocycles. The lowest BCUT2D eigenvalue weighted by Gasteiger charge is -2.20. The van der Waals surface area contributed by atoms with Gasteiger partial charge >= 0.3 is 0 Å². The van der Waals surface area contributed by atoms with Gasteiger partial charge in [-0.25, -0.2) is 17.5 Å². The van der Waals surface area contributed by atoms with Crippen molar-refractivity contribution < 1.29 is 17.9 Å². The first-order valence-electron chi connectivity index (χ1n) is 5.83. The van der Waals surface area contributed by atoms with Gasteiger partial charge in [0, 0.05) is 18.2 Å². The summed E-state index contributed by atoms with van der Waals surface area (Å²) in [5.41, 5.74) is -0.0384. The Morgan fingerprint density at radius 1 is 1.42 bits per heavy atom. The molecule has 1 unspecified atom stereocenters. The van der Waals surface area contributed by atoms with Crippen molar-refractivity contribution in [2.45, 2.75) is 24.5 Å². The minimum absolute atomic E-state index is 0.0348. The highest BCUT2D eigenvalue weighted by Gasteiger charge is 2.17. The van der Waals surface area contributed by atoms with Crippen molar-refractivity contribution in [3.05, 3.63) is 29.6 Å². The number of hydrogen-bond donors (Lipinski definition) is 2. The summed E-state index contributed by atoms with van der Waals surface area (Å²) < 4.78 is 39.7. The van der Waals surface area contributed by atoms with Crippen molar-refractivity contribution >= 4 is 10.0 Å². The number of aliphatic hydroxyl groups excluding tert-OH is 1. The van der Waals surface area contributed by atoms with Crippen LogP contribution in [0.25, 0.3) is 0 Å². The molecule has 0 radical (unpaired) electrons. The lowest BCUT2D eigenvalue weighted by molar-refractivity contribution is 0.275. The molecule has 0 fully saturated rings. The summed E-state index contributed by atoms with van der Waals surface area (Å²) in [4.78, 5) is 1.83. The zero-order valence-corrected chi connectivity index (χ0v) is 12.0. The van der Waals surface area contributed by atoms with Gasteiger partial charge in [-0.05, 0) is 39.2 Å². The first kappa shape index (κ1) is 16.0. The molecule has 19 heavy (non-hydrogen) atoms. The molecular weight excluding hydrogens is 271 g/mol. The first-order chi connectivity index (χ1) is 8.77. The fourth-order valence-electron chi connectivity index (χ4n) is 1.34. The highest BCUT2D eigenvalue weighted by atomic mass is 32.2. The lowest BCUT2D eigenvalue weighted by Crippen LogP contribution is -2.38. The van der Waals surface area contributed by atoms with Crippen LogP contribution in [-0.2, 0) is 16.6 Å². The average molecular weight is 290 g/mol. The van der Waals surface area contributed by atoms with E-state index in [2.05, 4.69) is 4.72 Å². The molecule has 1 aromatic rings. The summed E-state index contributed by atoms with van der Waals surface area (Å²) in [5, 5.41) is 8.94. The lowest BCUT2D eigenvalue weighted by atomic mass is 10.2. The molecular formula is C12H19FN2O3S. The van der Waals surface area contributed by atoms with Gasteiger partial charge in [-0.3, -0.25) is 0 Å². The topological polar surface area (TPSA) is 69.6 Å². The second kappa shape index (κ2) is 6.42. The van der Waals surface area contributed by atoms with Gasteiger partial charge in [-0.1, -0.05) is 0 Å². The zero-order valence-electron chi connectivity index (χ0n) is 11.2. The molecule has 0 aliphatic rings. The molecule has 2 N–H and O–H groups in total. The molecule has 0 spiro atoms. The van der Waals surface area contributed by atoms with Gasteiger partial charge in [0.2, 0.25) is 10.0 Å². The molecule has 0 amide bonds. The maximum absolute atomic E-state index is 13.2. The summed E-state index contributed by atoms with van der Waals surface area (Å²) in [5.74, 6) is -0.622. The Kier molecular flexibility index (Phi) is 5.42. The van der Waals surface area contributed by atoms with E-state index < -0.39 is 22.4 Å². The van der Waals surface area contributed by atoms with Crippen molar-refractivity contribution in [2.75, 3.05) is 20.6 Å². The third kappa shape index (κ3) is 4.24. The Morgan fingerprint density at radius 2 is 2.05 bits per heavy atom. The van der Waals surface area contributed by atoms with E-state index in [-0.39, 0.29) is 23.0 Å². The van der Waals surface area contributed by atoms with E-state index in [4.69, 9.17) is 5.11 Å². The van der Waals surface area contributed by atoms with E-state index >= 15 is 0 Å². The largest absolute Gasteiger partial charge is 0.392 e. The minimum Gasteiger partial charge on any atom is -0.392 e. The highest BCUT2D eigenvalue weighted by Crippen LogP contribution is 2.15. The van der Waals surface area contributed by atoms with Crippen LogP contribution < -0.4 is 4.72 Å². The molecule has 0 saturated heterocycles. The maximum atomic E-state index is 13.2. The van der Waals surface area contributed by atoms with Gasteiger partial charge in [-0.15, -0.1) is 0 Å². The van der Waals surface area contributed by atoms with Gasteiger partial charge in [0.1, 0.15) is 5.82 Å². The van der Waals surface area contributed by atoms with Gasteiger partial charge < -0.3 is 10.0 Å². The smallest absolute Gasteiger partial charge is 0.240 e. The Hall–Kier alpha value is -1.02. The van der Waals surface area contributed by atoms with Crippen LogP contribution in [0.5, 0.6) is 0 Å². The second-order valence-corrected chi connectivity index (χ2v) is 6.34. The van der Waals surface area contributed by atoms with Crippen LogP contribution in [0.4, 0.5) is 4.39 Å². The van der Waals surface area contributed by atoms with E-state index in [1.807, 2.05) is 25.9 Å². The Morgan fingerprint density at radius 3 is 2.58 bits per heavy atom. The van der Waals surface area contributed by atoms with Crippen molar-refractivity contribution in [3.8, 4) is 0 Å². The van der Waals surface area contributed by atoms with E-state index in [1.165, 1.54) is 6.07 Å². The molecule has 0 aromatic heterocycles. The number of nitrogens with one attached hydrogen (secondary N) is 1. The van der Waals surface area contributed by atoms with Gasteiger partial charge in [0.15, 0.2) is 0 Å². The van der Waals surface area contributed by atoms with Crippen LogP contribution in [0.3, 0.4) is 0 Å². The monoisotopic (exact) mass is 290 g/mol. The summed E-state index contributed by atoms with van der Waals surface area (Å²) in [6, 6.07) is 3.39. The Balaban J connectivity index is 2.89. The van der Waals surface area contributed by atoms with Crippen LogP contribution in [0, 0.1) is 5.82 Å². The molecule has 0 saturated carbocycles. The third-order valence-electron chi connectivity index (χ3n) is 2.95. The van der Waals surface area contributed by atoms with E-state index in [0.29, 0.717) is 0 Å². The number of likely N-dealkylation sites (N-methyl/N-ethyl adjacent to an activating group) is 1. The molecule has 5 nitrogen and oxygen atoms in total. The number of benzene rings is 1. The van der Waals surface area contributed by atoms with Crippen LogP contribution in [0.15, 0.2) is 23.1 Å². The summed E-state index contributed by atoms with van der Waals surface area (Å²) in [6.45, 7) is 1.59. The number of rotatable bonds is 6. The maximum Gasteiger partial charge on any atom is 0.240 e. The molecule has 0 heterocycles. The number of nitrogens with zero attached hydrogens (tertiary/aromatic N) is 1. The van der Waals surface area contributed by atoms with E-state index in [1.54, 1.807) is 0 Å². The summed E-state index contributed by atoms with van der Waals surface area (Å²) >= 11 is 0. The molecule has 108 valence electrons. The summed E-state index contributed by atoms with van der Waals surface area (Å²) in [6.07, 6.45) is 0. The second-order valence-electron chi connectivity index (χ2n) is 4.58. The molecule has 0 aliphatic heterocycles. The Bertz CT molecular complexity index is 532. The molecule has 1 atom stereocenters. The van der Waals surface area contributed by atoms with Crippen molar-refractivity contribution in [3.63, 3.8) is 0 Å². The molecule has 1 rings (SSSR count). The van der Waals surface area contributed by atoms with E-state index in [0.717, 1.165) is 12.1 Å². The van der Waals surface area contributed by atoms with E-state index in [9.17, 15) is 12.8 Å². The fraction of sp³-hybridized carbons (Fsp3) is 0.500.